The number of rotatable bonds is 5. The van der Waals surface area contributed by atoms with E-state index >= 15 is 0 Å². The van der Waals surface area contributed by atoms with Gasteiger partial charge in [0.1, 0.15) is 5.01 Å². The summed E-state index contributed by atoms with van der Waals surface area (Å²) in [6.07, 6.45) is 3.98. The first-order valence-corrected chi connectivity index (χ1v) is 9.20. The van der Waals surface area contributed by atoms with Crippen LogP contribution in [0.3, 0.4) is 0 Å². The molecule has 110 valence electrons. The zero-order valence-electron chi connectivity index (χ0n) is 11.5. The summed E-state index contributed by atoms with van der Waals surface area (Å²) in [5.74, 6) is 0.777. The number of hydrogen-bond donors (Lipinski definition) is 1. The smallest absolute Gasteiger partial charge is 0.257 e. The van der Waals surface area contributed by atoms with Gasteiger partial charge in [0.15, 0.2) is 0 Å². The molecule has 1 aliphatic rings. The van der Waals surface area contributed by atoms with Crippen LogP contribution in [0.5, 0.6) is 0 Å². The molecular formula is C14H15N3O2S2. The fraction of sp³-hybridized carbons (Fsp3) is 0.357. The van der Waals surface area contributed by atoms with Gasteiger partial charge in [0, 0.05) is 34.3 Å². The van der Waals surface area contributed by atoms with Gasteiger partial charge in [-0.3, -0.25) is 14.3 Å². The highest BCUT2D eigenvalue weighted by molar-refractivity contribution is 7.83. The molecule has 3 rings (SSSR count). The van der Waals surface area contributed by atoms with E-state index in [0.717, 1.165) is 10.6 Å². The van der Waals surface area contributed by atoms with E-state index in [-0.39, 0.29) is 5.91 Å². The topological polar surface area (TPSA) is 72.0 Å². The molecule has 2 aromatic rings. The standard InChI is InChI=1S/C14H15N3O2S2/c1-21(19)8-9-3-2-4-11(7-9)12(18)15-14-17-16-13(20-14)10-5-6-10/h2-4,7,10H,5-6,8H2,1H3,(H,15,17,18)/t21-/m0/s1. The zero-order chi connectivity index (χ0) is 14.8. The maximum atomic E-state index is 12.2. The third kappa shape index (κ3) is 3.74. The lowest BCUT2D eigenvalue weighted by atomic mass is 10.1. The first-order chi connectivity index (χ1) is 10.1. The Balaban J connectivity index is 1.70. The molecular weight excluding hydrogens is 306 g/mol. The van der Waals surface area contributed by atoms with E-state index in [9.17, 15) is 9.00 Å². The highest BCUT2D eigenvalue weighted by Crippen LogP contribution is 2.42. The molecule has 5 nitrogen and oxygen atoms in total. The van der Waals surface area contributed by atoms with Crippen LogP contribution in [0.15, 0.2) is 24.3 Å². The molecule has 21 heavy (non-hydrogen) atoms. The minimum absolute atomic E-state index is 0.211. The van der Waals surface area contributed by atoms with Crippen molar-refractivity contribution < 1.29 is 9.00 Å². The summed E-state index contributed by atoms with van der Waals surface area (Å²) in [5.41, 5.74) is 1.43. The number of carbonyl (C=O) groups is 1. The second-order valence-electron chi connectivity index (χ2n) is 5.09. The first kappa shape index (κ1) is 14.3. The Labute approximate surface area is 129 Å². The van der Waals surface area contributed by atoms with Crippen molar-refractivity contribution in [2.75, 3.05) is 11.6 Å². The SMILES string of the molecule is C[S@](=O)Cc1cccc(C(=O)Nc2nnc(C3CC3)s2)c1. The second-order valence-corrected chi connectivity index (χ2v) is 7.54. The summed E-state index contributed by atoms with van der Waals surface area (Å²) < 4.78 is 11.3. The van der Waals surface area contributed by atoms with Crippen molar-refractivity contribution in [2.45, 2.75) is 24.5 Å². The molecule has 0 spiro atoms. The van der Waals surface area contributed by atoms with Gasteiger partial charge in [0.2, 0.25) is 5.13 Å². The number of nitrogens with one attached hydrogen (secondary N) is 1. The molecule has 1 heterocycles. The number of amides is 1. The van der Waals surface area contributed by atoms with Crippen LogP contribution in [0.2, 0.25) is 0 Å². The van der Waals surface area contributed by atoms with Crippen LogP contribution in [-0.2, 0) is 16.6 Å². The van der Waals surface area contributed by atoms with Gasteiger partial charge in [0.25, 0.3) is 5.91 Å². The lowest BCUT2D eigenvalue weighted by molar-refractivity contribution is 0.102. The lowest BCUT2D eigenvalue weighted by Crippen LogP contribution is -2.12. The Morgan fingerprint density at radius 3 is 2.95 bits per heavy atom. The molecule has 1 aromatic heterocycles. The van der Waals surface area contributed by atoms with Crippen LogP contribution in [0, 0.1) is 0 Å². The van der Waals surface area contributed by atoms with Crippen molar-refractivity contribution in [1.29, 1.82) is 0 Å². The summed E-state index contributed by atoms with van der Waals surface area (Å²) in [7, 11) is -0.923. The van der Waals surface area contributed by atoms with E-state index < -0.39 is 10.8 Å². The molecule has 1 aliphatic carbocycles. The first-order valence-electron chi connectivity index (χ1n) is 6.65. The predicted octanol–water partition coefficient (Wildman–Crippen LogP) is 2.55. The minimum atomic E-state index is -0.923. The van der Waals surface area contributed by atoms with Gasteiger partial charge in [-0.15, -0.1) is 10.2 Å². The molecule has 0 aliphatic heterocycles. The van der Waals surface area contributed by atoms with Gasteiger partial charge in [-0.05, 0) is 30.5 Å². The lowest BCUT2D eigenvalue weighted by Gasteiger charge is -2.03. The summed E-state index contributed by atoms with van der Waals surface area (Å²) >= 11 is 1.44. The average Bonchev–Trinajstić information content (AvgIpc) is 3.19. The van der Waals surface area contributed by atoms with Gasteiger partial charge >= 0.3 is 0 Å². The third-order valence-electron chi connectivity index (χ3n) is 3.15. The van der Waals surface area contributed by atoms with Crippen molar-refractivity contribution in [3.8, 4) is 0 Å². The molecule has 1 amide bonds. The zero-order valence-corrected chi connectivity index (χ0v) is 13.2. The van der Waals surface area contributed by atoms with Crippen LogP contribution >= 0.6 is 11.3 Å². The van der Waals surface area contributed by atoms with E-state index in [0.29, 0.717) is 22.4 Å². The van der Waals surface area contributed by atoms with Crippen LogP contribution in [0.4, 0.5) is 5.13 Å². The average molecular weight is 321 g/mol. The highest BCUT2D eigenvalue weighted by Gasteiger charge is 2.27. The number of hydrogen-bond acceptors (Lipinski definition) is 5. The molecule has 0 saturated heterocycles. The Bertz CT molecular complexity index is 695. The molecule has 1 N–H and O–H groups in total. The maximum Gasteiger partial charge on any atom is 0.257 e. The monoisotopic (exact) mass is 321 g/mol. The number of aromatic nitrogens is 2. The molecule has 1 saturated carbocycles. The van der Waals surface area contributed by atoms with Crippen molar-refractivity contribution >= 4 is 33.2 Å². The Morgan fingerprint density at radius 1 is 1.43 bits per heavy atom. The van der Waals surface area contributed by atoms with Crippen LogP contribution in [0.25, 0.3) is 0 Å². The maximum absolute atomic E-state index is 12.2. The molecule has 0 unspecified atom stereocenters. The fourth-order valence-electron chi connectivity index (χ4n) is 1.99. The van der Waals surface area contributed by atoms with E-state index in [4.69, 9.17) is 0 Å². The van der Waals surface area contributed by atoms with E-state index in [1.54, 1.807) is 24.5 Å². The molecule has 0 bridgehead atoms. The second kappa shape index (κ2) is 6.03. The number of nitrogens with zero attached hydrogens (tertiary/aromatic N) is 2. The summed E-state index contributed by atoms with van der Waals surface area (Å²) in [6.45, 7) is 0. The van der Waals surface area contributed by atoms with E-state index in [2.05, 4.69) is 15.5 Å². The predicted molar refractivity (Wildman–Crippen MR) is 84.0 cm³/mol. The Morgan fingerprint density at radius 2 is 2.24 bits per heavy atom. The van der Waals surface area contributed by atoms with Crippen LogP contribution in [0.1, 0.15) is 39.7 Å². The van der Waals surface area contributed by atoms with Crippen LogP contribution in [-0.4, -0.2) is 26.6 Å². The molecule has 1 aromatic carbocycles. The Hall–Kier alpha value is -1.60. The quantitative estimate of drug-likeness (QED) is 0.918. The summed E-state index contributed by atoms with van der Waals surface area (Å²) in [4.78, 5) is 12.2. The number of carbonyl (C=O) groups excluding carboxylic acids is 1. The van der Waals surface area contributed by atoms with Crippen LogP contribution < -0.4 is 5.32 Å². The Kier molecular flexibility index (Phi) is 4.12. The van der Waals surface area contributed by atoms with Crippen molar-refractivity contribution in [3.63, 3.8) is 0 Å². The molecule has 1 fully saturated rings. The fourth-order valence-corrected chi connectivity index (χ4v) is 3.54. The normalized spacial score (nSPS) is 15.7. The molecule has 0 radical (unpaired) electrons. The van der Waals surface area contributed by atoms with Gasteiger partial charge < -0.3 is 0 Å². The minimum Gasteiger partial charge on any atom is -0.296 e. The largest absolute Gasteiger partial charge is 0.296 e. The van der Waals surface area contributed by atoms with Crippen molar-refractivity contribution in [1.82, 2.24) is 10.2 Å². The van der Waals surface area contributed by atoms with Gasteiger partial charge in [-0.25, -0.2) is 0 Å². The van der Waals surface area contributed by atoms with Crippen molar-refractivity contribution in [2.24, 2.45) is 0 Å². The number of benzene rings is 1. The highest BCUT2D eigenvalue weighted by atomic mass is 32.2. The van der Waals surface area contributed by atoms with E-state index in [1.807, 2.05) is 6.07 Å². The molecule has 1 atom stereocenters. The summed E-state index contributed by atoms with van der Waals surface area (Å²) in [5, 5.41) is 12.4. The number of anilines is 1. The third-order valence-corrected chi connectivity index (χ3v) is 4.89. The van der Waals surface area contributed by atoms with Gasteiger partial charge in [-0.2, -0.15) is 0 Å². The van der Waals surface area contributed by atoms with Crippen molar-refractivity contribution in [3.05, 3.63) is 40.4 Å². The summed E-state index contributed by atoms with van der Waals surface area (Å²) in [6, 6.07) is 7.17. The van der Waals surface area contributed by atoms with Gasteiger partial charge in [0.05, 0.1) is 0 Å². The molecule has 7 heteroatoms. The van der Waals surface area contributed by atoms with E-state index in [1.165, 1.54) is 24.2 Å². The van der Waals surface area contributed by atoms with Gasteiger partial charge in [-0.1, -0.05) is 23.5 Å².